The maximum Gasteiger partial charge on any atom is 0.104 e. The van der Waals surface area contributed by atoms with Crippen LogP contribution in [0.4, 0.5) is 0 Å². The summed E-state index contributed by atoms with van der Waals surface area (Å²) >= 11 is 0. The number of piperidine rings is 1. The van der Waals surface area contributed by atoms with Gasteiger partial charge >= 0.3 is 0 Å². The van der Waals surface area contributed by atoms with Gasteiger partial charge in [-0.2, -0.15) is 7.05 Å². The first kappa shape index (κ1) is 8.02. The second-order valence-electron chi connectivity index (χ2n) is 2.92. The molecule has 0 aromatic carbocycles. The highest BCUT2D eigenvalue weighted by molar-refractivity contribution is 4.59. The van der Waals surface area contributed by atoms with Gasteiger partial charge < -0.3 is 9.64 Å². The highest BCUT2D eigenvalue weighted by atomic mass is 16.5. The average molecular weight is 143 g/mol. The minimum Gasteiger partial charge on any atom is -0.466 e. The minimum atomic E-state index is 0.478. The Labute approximate surface area is 63.2 Å². The largest absolute Gasteiger partial charge is 0.466 e. The number of likely N-dealkylation sites (tertiary alicyclic amines) is 1. The van der Waals surface area contributed by atoms with Crippen LogP contribution in [0.15, 0.2) is 0 Å². The number of hydrogen-bond donors (Lipinski definition) is 1. The van der Waals surface area contributed by atoms with Gasteiger partial charge in [0, 0.05) is 6.61 Å². The topological polar surface area (TPSA) is 13.7 Å². The summed E-state index contributed by atoms with van der Waals surface area (Å²) < 4.78 is 5.49. The third kappa shape index (κ3) is 2.27. The summed E-state index contributed by atoms with van der Waals surface area (Å²) in [4.78, 5) is 1.37. The van der Waals surface area contributed by atoms with Gasteiger partial charge in [-0.15, -0.1) is 0 Å². The first-order chi connectivity index (χ1) is 4.83. The van der Waals surface area contributed by atoms with Crippen molar-refractivity contribution in [2.24, 2.45) is 0 Å². The Hall–Kier alpha value is -0.0800. The molecule has 1 aliphatic heterocycles. The Morgan fingerprint density at radius 1 is 1.70 bits per heavy atom. The van der Waals surface area contributed by atoms with Gasteiger partial charge in [0.25, 0.3) is 0 Å². The van der Waals surface area contributed by atoms with Crippen LogP contribution in [0, 0.1) is 7.05 Å². The smallest absolute Gasteiger partial charge is 0.104 e. The number of quaternary nitrogens is 1. The summed E-state index contributed by atoms with van der Waals surface area (Å²) in [6.45, 7) is 5.20. The van der Waals surface area contributed by atoms with E-state index in [4.69, 9.17) is 4.74 Å². The van der Waals surface area contributed by atoms with Gasteiger partial charge in [0.15, 0.2) is 0 Å². The zero-order valence-electron chi connectivity index (χ0n) is 6.73. The molecule has 2 atom stereocenters. The van der Waals surface area contributed by atoms with Crippen LogP contribution < -0.4 is 4.90 Å². The van der Waals surface area contributed by atoms with Crippen LogP contribution >= 0.6 is 0 Å². The van der Waals surface area contributed by atoms with Crippen molar-refractivity contribution < 1.29 is 9.64 Å². The molecule has 1 N–H and O–H groups in total. The second-order valence-corrected chi connectivity index (χ2v) is 2.92. The molecule has 1 rings (SSSR count). The number of nitrogens with one attached hydrogen (secondary N) is 1. The van der Waals surface area contributed by atoms with Crippen molar-refractivity contribution >= 4 is 0 Å². The van der Waals surface area contributed by atoms with Crippen molar-refractivity contribution in [1.29, 1.82) is 0 Å². The predicted molar refractivity (Wildman–Crippen MR) is 40.7 cm³/mol. The van der Waals surface area contributed by atoms with Gasteiger partial charge in [0.2, 0.25) is 0 Å². The fourth-order valence-electron chi connectivity index (χ4n) is 1.48. The van der Waals surface area contributed by atoms with E-state index in [1.807, 2.05) is 0 Å². The Bertz CT molecular complexity index is 93.3. The summed E-state index contributed by atoms with van der Waals surface area (Å²) in [6.07, 6.45) is 2.97. The lowest BCUT2D eigenvalue weighted by molar-refractivity contribution is -0.863. The average Bonchev–Trinajstić information content (AvgIpc) is 1.88. The summed E-state index contributed by atoms with van der Waals surface area (Å²) in [5.74, 6) is 0. The number of ether oxygens (including phenoxy) is 1. The Balaban J connectivity index is 2.18. The van der Waals surface area contributed by atoms with E-state index in [1.165, 1.54) is 24.3 Å². The summed E-state index contributed by atoms with van der Waals surface area (Å²) in [6, 6.07) is 0. The molecule has 0 aromatic rings. The van der Waals surface area contributed by atoms with E-state index in [0.717, 1.165) is 13.2 Å². The lowest BCUT2D eigenvalue weighted by atomic mass is 10.1. The third-order valence-electron chi connectivity index (χ3n) is 1.98. The van der Waals surface area contributed by atoms with E-state index in [-0.39, 0.29) is 0 Å². The summed E-state index contributed by atoms with van der Waals surface area (Å²) in [7, 11) is 3.97. The predicted octanol–water partition coefficient (Wildman–Crippen LogP) is -0.138. The first-order valence-corrected chi connectivity index (χ1v) is 4.11. The van der Waals surface area contributed by atoms with Crippen LogP contribution in [0.2, 0.25) is 0 Å². The lowest BCUT2D eigenvalue weighted by Crippen LogP contribution is -3.09. The fourth-order valence-corrected chi connectivity index (χ4v) is 1.48. The fraction of sp³-hybridized carbons (Fsp3) is 0.875. The molecule has 1 saturated heterocycles. The SMILES string of the molecule is [CH2-][NH+]1CCC[C@@H](OCC)C1. The van der Waals surface area contributed by atoms with Crippen LogP contribution in [-0.4, -0.2) is 25.8 Å². The van der Waals surface area contributed by atoms with Gasteiger partial charge in [-0.1, -0.05) is 0 Å². The van der Waals surface area contributed by atoms with Gasteiger partial charge in [0.05, 0.1) is 13.1 Å². The maximum absolute atomic E-state index is 5.49. The molecule has 2 nitrogen and oxygen atoms in total. The van der Waals surface area contributed by atoms with Gasteiger partial charge in [-0.05, 0) is 19.8 Å². The quantitative estimate of drug-likeness (QED) is 0.531. The Morgan fingerprint density at radius 3 is 3.10 bits per heavy atom. The molecule has 2 heteroatoms. The van der Waals surface area contributed by atoms with E-state index < -0.39 is 0 Å². The molecule has 60 valence electrons. The van der Waals surface area contributed by atoms with E-state index in [2.05, 4.69) is 14.0 Å². The molecule has 1 fully saturated rings. The summed E-state index contributed by atoms with van der Waals surface area (Å²) in [5, 5.41) is 0. The zero-order chi connectivity index (χ0) is 7.40. The zero-order valence-corrected chi connectivity index (χ0v) is 6.73. The molecule has 1 unspecified atom stereocenters. The van der Waals surface area contributed by atoms with E-state index >= 15 is 0 Å². The Morgan fingerprint density at radius 2 is 2.50 bits per heavy atom. The van der Waals surface area contributed by atoms with Crippen molar-refractivity contribution in [3.8, 4) is 0 Å². The van der Waals surface area contributed by atoms with Gasteiger partial charge in [0.1, 0.15) is 6.10 Å². The van der Waals surface area contributed by atoms with Crippen molar-refractivity contribution in [1.82, 2.24) is 0 Å². The van der Waals surface area contributed by atoms with Gasteiger partial charge in [-0.25, -0.2) is 0 Å². The van der Waals surface area contributed by atoms with Crippen molar-refractivity contribution in [2.75, 3.05) is 19.7 Å². The minimum absolute atomic E-state index is 0.478. The van der Waals surface area contributed by atoms with Crippen molar-refractivity contribution in [3.05, 3.63) is 7.05 Å². The van der Waals surface area contributed by atoms with Crippen LogP contribution in [0.3, 0.4) is 0 Å². The first-order valence-electron chi connectivity index (χ1n) is 4.11. The standard InChI is InChI=1S/C8H17NO/c1-3-10-8-5-4-6-9(2)7-8/h8-9H,2-7H2,1H3/t8-/m1/s1. The molecule has 0 aromatic heterocycles. The number of hydrogen-bond acceptors (Lipinski definition) is 1. The highest BCUT2D eigenvalue weighted by Crippen LogP contribution is 2.02. The molecular weight excluding hydrogens is 126 g/mol. The molecule has 0 aliphatic carbocycles. The van der Waals surface area contributed by atoms with Crippen LogP contribution in [0.1, 0.15) is 19.8 Å². The molecule has 0 radical (unpaired) electrons. The van der Waals surface area contributed by atoms with Crippen LogP contribution in [0.25, 0.3) is 0 Å². The molecule has 0 bridgehead atoms. The van der Waals surface area contributed by atoms with Crippen LogP contribution in [-0.2, 0) is 4.74 Å². The maximum atomic E-state index is 5.49. The van der Waals surface area contributed by atoms with Crippen molar-refractivity contribution in [3.63, 3.8) is 0 Å². The molecule has 1 heterocycles. The van der Waals surface area contributed by atoms with Crippen molar-refractivity contribution in [2.45, 2.75) is 25.9 Å². The molecule has 1 aliphatic rings. The molecular formula is C8H17NO. The molecule has 0 spiro atoms. The molecule has 0 saturated carbocycles. The molecule has 10 heavy (non-hydrogen) atoms. The Kier molecular flexibility index (Phi) is 3.16. The molecule has 0 amide bonds. The van der Waals surface area contributed by atoms with E-state index in [1.54, 1.807) is 0 Å². The van der Waals surface area contributed by atoms with Gasteiger partial charge in [-0.3, -0.25) is 0 Å². The normalized spacial score (nSPS) is 34.2. The van der Waals surface area contributed by atoms with Crippen LogP contribution in [0.5, 0.6) is 0 Å². The number of rotatable bonds is 2. The monoisotopic (exact) mass is 143 g/mol. The second kappa shape index (κ2) is 3.94. The third-order valence-corrected chi connectivity index (χ3v) is 1.98. The highest BCUT2D eigenvalue weighted by Gasteiger charge is 2.16. The summed E-state index contributed by atoms with van der Waals surface area (Å²) in [5.41, 5.74) is 0. The lowest BCUT2D eigenvalue weighted by Gasteiger charge is -2.31. The van der Waals surface area contributed by atoms with E-state index in [0.29, 0.717) is 6.10 Å². The van der Waals surface area contributed by atoms with E-state index in [9.17, 15) is 0 Å².